The van der Waals surface area contributed by atoms with Crippen molar-refractivity contribution in [2.75, 3.05) is 6.61 Å². The predicted molar refractivity (Wildman–Crippen MR) is 98.9 cm³/mol. The lowest BCUT2D eigenvalue weighted by Crippen LogP contribution is -2.61. The molecule has 0 aromatic carbocycles. The van der Waals surface area contributed by atoms with E-state index in [4.69, 9.17) is 9.47 Å². The van der Waals surface area contributed by atoms with E-state index in [0.717, 1.165) is 31.3 Å². The van der Waals surface area contributed by atoms with E-state index < -0.39 is 11.0 Å². The Bertz CT molecular complexity index is 739. The van der Waals surface area contributed by atoms with Crippen molar-refractivity contribution in [2.24, 2.45) is 22.7 Å². The van der Waals surface area contributed by atoms with Crippen LogP contribution >= 0.6 is 0 Å². The zero-order valence-corrected chi connectivity index (χ0v) is 16.8. The molecule has 0 unspecified atom stereocenters. The lowest BCUT2D eigenvalue weighted by atomic mass is 9.51. The second-order valence-corrected chi connectivity index (χ2v) is 9.51. The van der Waals surface area contributed by atoms with Crippen molar-refractivity contribution in [2.45, 2.75) is 77.9 Å². The summed E-state index contributed by atoms with van der Waals surface area (Å²) in [4.78, 5) is 36.4. The number of allylic oxidation sites excluding steroid dienone is 1. The maximum absolute atomic E-state index is 12.7. The molecule has 27 heavy (non-hydrogen) atoms. The number of ether oxygens (including phenoxy) is 2. The molecule has 6 atom stereocenters. The fraction of sp³-hybridized carbons (Fsp3) is 0.773. The molecule has 0 aromatic rings. The van der Waals surface area contributed by atoms with Gasteiger partial charge in [-0.05, 0) is 67.9 Å². The molecule has 0 N–H and O–H groups in total. The molecule has 2 saturated carbocycles. The van der Waals surface area contributed by atoms with Gasteiger partial charge in [-0.2, -0.15) is 0 Å². The van der Waals surface area contributed by atoms with Crippen LogP contribution in [0.1, 0.15) is 66.2 Å². The first-order valence-corrected chi connectivity index (χ1v) is 10.2. The van der Waals surface area contributed by atoms with E-state index in [0.29, 0.717) is 25.4 Å². The first kappa shape index (κ1) is 18.9. The van der Waals surface area contributed by atoms with Gasteiger partial charge in [0.1, 0.15) is 0 Å². The summed E-state index contributed by atoms with van der Waals surface area (Å²) in [5.74, 6) is 0.310. The van der Waals surface area contributed by atoms with E-state index in [-0.39, 0.29) is 35.0 Å². The summed E-state index contributed by atoms with van der Waals surface area (Å²) >= 11 is 0. The molecular weight excluding hydrogens is 344 g/mol. The van der Waals surface area contributed by atoms with Crippen molar-refractivity contribution < 1.29 is 23.9 Å². The van der Waals surface area contributed by atoms with Crippen molar-refractivity contribution >= 4 is 17.5 Å². The summed E-state index contributed by atoms with van der Waals surface area (Å²) in [6.07, 6.45) is 6.52. The minimum atomic E-state index is -1.03. The highest BCUT2D eigenvalue weighted by Gasteiger charge is 2.68. The van der Waals surface area contributed by atoms with Crippen LogP contribution in [0.25, 0.3) is 0 Å². The molecule has 1 aliphatic heterocycles. The van der Waals surface area contributed by atoms with Crippen molar-refractivity contribution in [1.29, 1.82) is 0 Å². The third-order valence-electron chi connectivity index (χ3n) is 8.41. The Hall–Kier alpha value is -1.49. The number of carbonyl (C=O) groups is 3. The zero-order chi connectivity index (χ0) is 19.6. The van der Waals surface area contributed by atoms with E-state index in [9.17, 15) is 14.4 Å². The van der Waals surface area contributed by atoms with Gasteiger partial charge in [-0.3, -0.25) is 14.4 Å². The van der Waals surface area contributed by atoms with Crippen LogP contribution in [0.3, 0.4) is 0 Å². The summed E-state index contributed by atoms with van der Waals surface area (Å²) in [5, 5.41) is 0. The van der Waals surface area contributed by atoms with Gasteiger partial charge in [0.05, 0.1) is 12.7 Å². The molecule has 1 saturated heterocycles. The van der Waals surface area contributed by atoms with Crippen LogP contribution in [0.4, 0.5) is 0 Å². The highest BCUT2D eigenvalue weighted by atomic mass is 16.6. The number of ketones is 2. The van der Waals surface area contributed by atoms with Gasteiger partial charge in [0, 0.05) is 18.8 Å². The van der Waals surface area contributed by atoms with Crippen molar-refractivity contribution in [3.63, 3.8) is 0 Å². The van der Waals surface area contributed by atoms with E-state index in [1.165, 1.54) is 6.92 Å². The molecule has 5 heteroatoms. The van der Waals surface area contributed by atoms with Crippen LogP contribution in [-0.2, 0) is 23.9 Å². The molecule has 5 nitrogen and oxygen atoms in total. The second kappa shape index (κ2) is 6.00. The number of carbonyl (C=O) groups excluding carboxylic acids is 3. The zero-order valence-electron chi connectivity index (χ0n) is 16.8. The average molecular weight is 374 g/mol. The van der Waals surface area contributed by atoms with Gasteiger partial charge in [0.2, 0.25) is 0 Å². The Labute approximate surface area is 160 Å². The van der Waals surface area contributed by atoms with Crippen molar-refractivity contribution in [1.82, 2.24) is 0 Å². The topological polar surface area (TPSA) is 69.7 Å². The fourth-order valence-corrected chi connectivity index (χ4v) is 6.84. The standard InChI is InChI=1S/C22H30O5/c1-13(23)22(27-14(2)24)10-7-18-19-17(6-9-21(18,22)4)20(3)8-5-16(25)11-15(20)12-26-19/h11,17-19H,5-10,12H2,1-4H3/t17-,18-,19+,20-,21-,22-/m0/s1. The van der Waals surface area contributed by atoms with Gasteiger partial charge in [0.15, 0.2) is 17.2 Å². The van der Waals surface area contributed by atoms with Gasteiger partial charge in [0.25, 0.3) is 0 Å². The first-order chi connectivity index (χ1) is 12.6. The Kier molecular flexibility index (Phi) is 4.19. The van der Waals surface area contributed by atoms with Crippen LogP contribution in [0.2, 0.25) is 0 Å². The van der Waals surface area contributed by atoms with Crippen LogP contribution < -0.4 is 0 Å². The van der Waals surface area contributed by atoms with Gasteiger partial charge in [-0.15, -0.1) is 0 Å². The normalized spacial score (nSPS) is 46.0. The highest BCUT2D eigenvalue weighted by molar-refractivity contribution is 5.92. The van der Waals surface area contributed by atoms with Crippen molar-refractivity contribution in [3.8, 4) is 0 Å². The number of rotatable bonds is 2. The fourth-order valence-electron chi connectivity index (χ4n) is 6.84. The molecule has 4 aliphatic rings. The number of Topliss-reactive ketones (excluding diaryl/α,β-unsaturated/α-hetero) is 1. The number of hydrogen-bond acceptors (Lipinski definition) is 5. The molecule has 4 rings (SSSR count). The third-order valence-corrected chi connectivity index (χ3v) is 8.41. The van der Waals surface area contributed by atoms with Crippen molar-refractivity contribution in [3.05, 3.63) is 11.6 Å². The molecule has 3 aliphatic carbocycles. The van der Waals surface area contributed by atoms with Gasteiger partial charge in [-0.1, -0.05) is 13.8 Å². The van der Waals surface area contributed by atoms with Crippen LogP contribution in [-0.4, -0.2) is 35.8 Å². The molecular formula is C22H30O5. The lowest BCUT2D eigenvalue weighted by molar-refractivity contribution is -0.199. The second-order valence-electron chi connectivity index (χ2n) is 9.51. The van der Waals surface area contributed by atoms with E-state index >= 15 is 0 Å². The van der Waals surface area contributed by atoms with Crippen LogP contribution in [0, 0.1) is 22.7 Å². The first-order valence-electron chi connectivity index (χ1n) is 10.2. The predicted octanol–water partition coefficient (Wildman–Crippen LogP) is 3.40. The minimum Gasteiger partial charge on any atom is -0.451 e. The smallest absolute Gasteiger partial charge is 0.303 e. The largest absolute Gasteiger partial charge is 0.451 e. The summed E-state index contributed by atoms with van der Waals surface area (Å²) < 4.78 is 12.1. The van der Waals surface area contributed by atoms with Crippen LogP contribution in [0.5, 0.6) is 0 Å². The average Bonchev–Trinajstić information content (AvgIpc) is 2.89. The maximum atomic E-state index is 12.7. The molecule has 0 radical (unpaired) electrons. The molecule has 0 bridgehead atoms. The summed E-state index contributed by atoms with van der Waals surface area (Å²) in [5.41, 5.74) is -0.286. The summed E-state index contributed by atoms with van der Waals surface area (Å²) in [6.45, 7) is 7.84. The van der Waals surface area contributed by atoms with Gasteiger partial charge >= 0.3 is 5.97 Å². The molecule has 0 spiro atoms. The Balaban J connectivity index is 1.70. The highest BCUT2D eigenvalue weighted by Crippen LogP contribution is 2.65. The molecule has 0 amide bonds. The monoisotopic (exact) mass is 374 g/mol. The SMILES string of the molecule is CC(=O)O[C@]1(C(C)=O)CC[C@H]2[C@@H]3OCC4=CC(=O)CC[C@]4(C)[C@H]3CC[C@@]21C. The number of fused-ring (bicyclic) bond motifs is 5. The quantitative estimate of drug-likeness (QED) is 0.693. The van der Waals surface area contributed by atoms with E-state index in [1.54, 1.807) is 13.0 Å². The lowest BCUT2D eigenvalue weighted by Gasteiger charge is -2.58. The molecule has 1 heterocycles. The van der Waals surface area contributed by atoms with Gasteiger partial charge in [-0.25, -0.2) is 0 Å². The number of hydrogen-bond donors (Lipinski definition) is 0. The van der Waals surface area contributed by atoms with Crippen LogP contribution in [0.15, 0.2) is 11.6 Å². The molecule has 0 aromatic heterocycles. The van der Waals surface area contributed by atoms with E-state index in [2.05, 4.69) is 13.8 Å². The minimum absolute atomic E-state index is 0.00105. The molecule has 148 valence electrons. The Morgan fingerprint density at radius 3 is 2.48 bits per heavy atom. The molecule has 3 fully saturated rings. The summed E-state index contributed by atoms with van der Waals surface area (Å²) in [7, 11) is 0. The third kappa shape index (κ3) is 2.43. The van der Waals surface area contributed by atoms with Gasteiger partial charge < -0.3 is 9.47 Å². The number of esters is 1. The Morgan fingerprint density at radius 2 is 1.81 bits per heavy atom. The Morgan fingerprint density at radius 1 is 1.11 bits per heavy atom. The van der Waals surface area contributed by atoms with E-state index in [1.807, 2.05) is 0 Å². The summed E-state index contributed by atoms with van der Waals surface area (Å²) in [6, 6.07) is 0. The maximum Gasteiger partial charge on any atom is 0.303 e.